The lowest BCUT2D eigenvalue weighted by Crippen LogP contribution is -2.49. The van der Waals surface area contributed by atoms with E-state index >= 15 is 0 Å². The highest BCUT2D eigenvalue weighted by Crippen LogP contribution is 2.44. The predicted molar refractivity (Wildman–Crippen MR) is 104 cm³/mol. The average Bonchev–Trinajstić information content (AvgIpc) is 2.53. The molecule has 1 amide bonds. The highest BCUT2D eigenvalue weighted by Gasteiger charge is 2.45. The molecule has 2 N–H and O–H groups in total. The van der Waals surface area contributed by atoms with Crippen LogP contribution in [0.2, 0.25) is 5.02 Å². The van der Waals surface area contributed by atoms with Crippen LogP contribution < -0.4 is 10.0 Å². The number of sulfonamides is 1. The average molecular weight is 411 g/mol. The van der Waals surface area contributed by atoms with Gasteiger partial charge >= 0.3 is 0 Å². The van der Waals surface area contributed by atoms with Crippen molar-refractivity contribution in [2.45, 2.75) is 31.2 Å². The third kappa shape index (κ3) is 4.42. The van der Waals surface area contributed by atoms with E-state index in [9.17, 15) is 17.6 Å². The summed E-state index contributed by atoms with van der Waals surface area (Å²) in [6.45, 7) is 0.216. The molecule has 0 aliphatic heterocycles. The van der Waals surface area contributed by atoms with Crippen molar-refractivity contribution in [1.82, 2.24) is 5.32 Å². The molecule has 2 aromatic rings. The molecule has 1 fully saturated rings. The molecule has 1 saturated carbocycles. The van der Waals surface area contributed by atoms with Crippen molar-refractivity contribution in [2.24, 2.45) is 0 Å². The first kappa shape index (κ1) is 19.6. The summed E-state index contributed by atoms with van der Waals surface area (Å²) in [6.07, 6.45) is 3.46. The minimum Gasteiger partial charge on any atom is -0.351 e. The van der Waals surface area contributed by atoms with E-state index in [1.807, 2.05) is 0 Å². The van der Waals surface area contributed by atoms with Crippen molar-refractivity contribution < 1.29 is 17.6 Å². The quantitative estimate of drug-likeness (QED) is 0.764. The molecule has 144 valence electrons. The van der Waals surface area contributed by atoms with Gasteiger partial charge in [0, 0.05) is 17.3 Å². The van der Waals surface area contributed by atoms with Gasteiger partial charge in [0.25, 0.3) is 0 Å². The standard InChI is InChI=1S/C19H20ClFN2O3S/c1-27(25,26)23-16-7-4-14(5-8-16)19(9-2-10-19)18(24)22-12-13-3-6-15(21)11-17(13)20/h3-8,11,23H,2,9-10,12H2,1H3,(H,22,24). The molecule has 0 spiro atoms. The Morgan fingerprint density at radius 1 is 1.19 bits per heavy atom. The van der Waals surface area contributed by atoms with E-state index in [4.69, 9.17) is 11.6 Å². The molecule has 0 atom stereocenters. The van der Waals surface area contributed by atoms with Crippen LogP contribution in [-0.2, 0) is 26.8 Å². The molecule has 0 aromatic heterocycles. The summed E-state index contributed by atoms with van der Waals surface area (Å²) in [7, 11) is -3.35. The summed E-state index contributed by atoms with van der Waals surface area (Å²) in [5.74, 6) is -0.536. The first-order valence-corrected chi connectivity index (χ1v) is 10.8. The van der Waals surface area contributed by atoms with E-state index in [-0.39, 0.29) is 17.5 Å². The van der Waals surface area contributed by atoms with E-state index < -0.39 is 21.3 Å². The van der Waals surface area contributed by atoms with Crippen LogP contribution in [0.1, 0.15) is 30.4 Å². The van der Waals surface area contributed by atoms with Crippen LogP contribution in [0.25, 0.3) is 0 Å². The first-order chi connectivity index (χ1) is 12.7. The van der Waals surface area contributed by atoms with Crippen molar-refractivity contribution in [3.05, 3.63) is 64.4 Å². The Morgan fingerprint density at radius 2 is 1.85 bits per heavy atom. The number of nitrogens with one attached hydrogen (secondary N) is 2. The number of rotatable bonds is 6. The third-order valence-electron chi connectivity index (χ3n) is 4.84. The number of hydrogen-bond donors (Lipinski definition) is 2. The Kier molecular flexibility index (Phi) is 5.44. The second kappa shape index (κ2) is 7.48. The SMILES string of the molecule is CS(=O)(=O)Nc1ccc(C2(C(=O)NCc3ccc(F)cc3Cl)CCC2)cc1. The van der Waals surface area contributed by atoms with Crippen LogP contribution in [0.15, 0.2) is 42.5 Å². The largest absolute Gasteiger partial charge is 0.351 e. The fourth-order valence-electron chi connectivity index (χ4n) is 3.26. The fourth-order valence-corrected chi connectivity index (χ4v) is 4.06. The number of carbonyl (C=O) groups excluding carboxylic acids is 1. The van der Waals surface area contributed by atoms with Gasteiger partial charge in [-0.1, -0.05) is 36.2 Å². The van der Waals surface area contributed by atoms with Crippen molar-refractivity contribution in [2.75, 3.05) is 11.0 Å². The molecular weight excluding hydrogens is 391 g/mol. The zero-order valence-electron chi connectivity index (χ0n) is 14.8. The number of halogens is 2. The predicted octanol–water partition coefficient (Wildman–Crippen LogP) is 3.59. The Hall–Kier alpha value is -2.12. The van der Waals surface area contributed by atoms with E-state index in [0.29, 0.717) is 11.3 Å². The van der Waals surface area contributed by atoms with E-state index in [0.717, 1.165) is 31.1 Å². The van der Waals surface area contributed by atoms with Crippen molar-refractivity contribution >= 4 is 33.2 Å². The number of hydrogen-bond acceptors (Lipinski definition) is 3. The van der Waals surface area contributed by atoms with Gasteiger partial charge in [-0.25, -0.2) is 12.8 Å². The van der Waals surface area contributed by atoms with Crippen LogP contribution in [0.3, 0.4) is 0 Å². The van der Waals surface area contributed by atoms with Gasteiger partial charge in [-0.3, -0.25) is 9.52 Å². The fraction of sp³-hybridized carbons (Fsp3) is 0.316. The summed E-state index contributed by atoms with van der Waals surface area (Å²) in [4.78, 5) is 12.9. The molecule has 0 heterocycles. The lowest BCUT2D eigenvalue weighted by Gasteiger charge is -2.40. The maximum absolute atomic E-state index is 13.1. The van der Waals surface area contributed by atoms with Gasteiger partial charge in [0.1, 0.15) is 5.82 Å². The summed E-state index contributed by atoms with van der Waals surface area (Å²) < 4.78 is 38.2. The van der Waals surface area contributed by atoms with Gasteiger partial charge in [-0.2, -0.15) is 0 Å². The van der Waals surface area contributed by atoms with Gasteiger partial charge < -0.3 is 5.32 Å². The minimum atomic E-state index is -3.35. The van der Waals surface area contributed by atoms with Gasteiger partial charge in [-0.05, 0) is 48.2 Å². The van der Waals surface area contributed by atoms with Gasteiger partial charge in [-0.15, -0.1) is 0 Å². The highest BCUT2D eigenvalue weighted by molar-refractivity contribution is 7.92. The zero-order chi connectivity index (χ0) is 19.7. The molecule has 3 rings (SSSR count). The Bertz CT molecular complexity index is 957. The van der Waals surface area contributed by atoms with Gasteiger partial charge in [0.2, 0.25) is 15.9 Å². The molecule has 8 heteroatoms. The van der Waals surface area contributed by atoms with Crippen LogP contribution in [-0.4, -0.2) is 20.6 Å². The summed E-state index contributed by atoms with van der Waals surface area (Å²) >= 11 is 6.01. The second-order valence-corrected chi connectivity index (χ2v) is 8.96. The molecule has 2 aromatic carbocycles. The molecule has 0 bridgehead atoms. The van der Waals surface area contributed by atoms with E-state index in [1.54, 1.807) is 30.3 Å². The van der Waals surface area contributed by atoms with E-state index in [1.165, 1.54) is 12.1 Å². The molecule has 5 nitrogen and oxygen atoms in total. The molecule has 0 saturated heterocycles. The number of amides is 1. The maximum Gasteiger partial charge on any atom is 0.230 e. The topological polar surface area (TPSA) is 75.3 Å². The minimum absolute atomic E-state index is 0.113. The Morgan fingerprint density at radius 3 is 2.37 bits per heavy atom. The van der Waals surface area contributed by atoms with Crippen LogP contribution in [0.4, 0.5) is 10.1 Å². The lowest BCUT2D eigenvalue weighted by molar-refractivity contribution is -0.130. The molecule has 1 aliphatic carbocycles. The third-order valence-corrected chi connectivity index (χ3v) is 5.80. The van der Waals surface area contributed by atoms with Crippen LogP contribution in [0, 0.1) is 5.82 Å². The van der Waals surface area contributed by atoms with Gasteiger partial charge in [0.15, 0.2) is 0 Å². The van der Waals surface area contributed by atoms with E-state index in [2.05, 4.69) is 10.0 Å². The Labute approximate surface area is 163 Å². The van der Waals surface area contributed by atoms with Crippen LogP contribution >= 0.6 is 11.6 Å². The van der Waals surface area contributed by atoms with Crippen molar-refractivity contribution in [3.8, 4) is 0 Å². The number of carbonyl (C=O) groups is 1. The highest BCUT2D eigenvalue weighted by atomic mass is 35.5. The van der Waals surface area contributed by atoms with Crippen molar-refractivity contribution in [1.29, 1.82) is 0 Å². The zero-order valence-corrected chi connectivity index (χ0v) is 16.3. The molecular formula is C19H20ClFN2O3S. The molecule has 27 heavy (non-hydrogen) atoms. The lowest BCUT2D eigenvalue weighted by atomic mass is 9.63. The summed E-state index contributed by atoms with van der Waals surface area (Å²) in [5.41, 5.74) is 1.31. The molecule has 0 radical (unpaired) electrons. The maximum atomic E-state index is 13.1. The number of benzene rings is 2. The Balaban J connectivity index is 1.73. The summed E-state index contributed by atoms with van der Waals surface area (Å²) in [5, 5.41) is 3.17. The van der Waals surface area contributed by atoms with Crippen molar-refractivity contribution in [3.63, 3.8) is 0 Å². The second-order valence-electron chi connectivity index (χ2n) is 6.81. The summed E-state index contributed by atoms with van der Waals surface area (Å²) in [6, 6.07) is 10.9. The number of anilines is 1. The molecule has 1 aliphatic rings. The van der Waals surface area contributed by atoms with Crippen LogP contribution in [0.5, 0.6) is 0 Å². The normalized spacial score (nSPS) is 15.7. The first-order valence-electron chi connectivity index (χ1n) is 8.50. The smallest absolute Gasteiger partial charge is 0.230 e. The monoisotopic (exact) mass is 410 g/mol. The van der Waals surface area contributed by atoms with Gasteiger partial charge in [0.05, 0.1) is 11.7 Å². The molecule has 0 unspecified atom stereocenters.